The number of likely N-dealkylation sites (tertiary alicyclic amines) is 1. The van der Waals surface area contributed by atoms with Crippen LogP contribution in [0.3, 0.4) is 0 Å². The number of nitrogens with zero attached hydrogens (tertiary/aromatic N) is 7. The second-order valence-corrected chi connectivity index (χ2v) is 12.0. The first-order valence-electron chi connectivity index (χ1n) is 15.5. The Hall–Kier alpha value is -4.16. The molecule has 9 heteroatoms. The molecule has 224 valence electrons. The van der Waals surface area contributed by atoms with Gasteiger partial charge in [-0.25, -0.2) is 0 Å². The van der Waals surface area contributed by atoms with E-state index in [1.807, 2.05) is 0 Å². The zero-order chi connectivity index (χ0) is 29.9. The number of likely N-dealkylation sites (N-methyl/N-ethyl adjacent to an activating group) is 1. The van der Waals surface area contributed by atoms with Gasteiger partial charge in [-0.1, -0.05) is 36.9 Å². The second kappa shape index (κ2) is 12.6. The molecule has 43 heavy (non-hydrogen) atoms. The molecule has 2 aromatic carbocycles. The zero-order valence-electron chi connectivity index (χ0n) is 25.3. The lowest BCUT2D eigenvalue weighted by Crippen LogP contribution is -2.55. The largest absolute Gasteiger partial charge is 0.462 e. The van der Waals surface area contributed by atoms with Crippen molar-refractivity contribution in [1.29, 1.82) is 5.26 Å². The molecule has 2 fully saturated rings. The van der Waals surface area contributed by atoms with Crippen LogP contribution in [-0.2, 0) is 17.8 Å². The van der Waals surface area contributed by atoms with E-state index in [0.717, 1.165) is 49.4 Å². The number of piperazine rings is 1. The van der Waals surface area contributed by atoms with Crippen LogP contribution >= 0.6 is 0 Å². The highest BCUT2D eigenvalue weighted by molar-refractivity contribution is 5.97. The lowest BCUT2D eigenvalue weighted by molar-refractivity contribution is -0.128. The van der Waals surface area contributed by atoms with E-state index in [1.165, 1.54) is 34.5 Å². The molecule has 3 aliphatic heterocycles. The maximum Gasteiger partial charge on any atom is 0.318 e. The fourth-order valence-electron chi connectivity index (χ4n) is 6.97. The summed E-state index contributed by atoms with van der Waals surface area (Å²) in [5.74, 6) is 0.723. The van der Waals surface area contributed by atoms with Crippen molar-refractivity contribution in [3.63, 3.8) is 0 Å². The van der Waals surface area contributed by atoms with Crippen LogP contribution in [0, 0.1) is 18.3 Å². The van der Waals surface area contributed by atoms with E-state index >= 15 is 0 Å². The van der Waals surface area contributed by atoms with Gasteiger partial charge in [-0.2, -0.15) is 15.2 Å². The third-order valence-electron chi connectivity index (χ3n) is 9.32. The van der Waals surface area contributed by atoms with Crippen LogP contribution in [-0.4, -0.2) is 84.1 Å². The number of aryl methyl sites for hydroxylation is 2. The highest BCUT2D eigenvalue weighted by Crippen LogP contribution is 2.36. The Kier molecular flexibility index (Phi) is 8.48. The van der Waals surface area contributed by atoms with E-state index in [0.29, 0.717) is 44.8 Å². The van der Waals surface area contributed by atoms with E-state index in [1.54, 1.807) is 4.90 Å². The summed E-state index contributed by atoms with van der Waals surface area (Å²) in [7, 11) is 2.15. The van der Waals surface area contributed by atoms with Crippen LogP contribution in [0.25, 0.3) is 10.8 Å². The highest BCUT2D eigenvalue weighted by Gasteiger charge is 2.33. The second-order valence-electron chi connectivity index (χ2n) is 12.0. The molecule has 0 radical (unpaired) electrons. The van der Waals surface area contributed by atoms with Crippen molar-refractivity contribution in [2.75, 3.05) is 56.2 Å². The van der Waals surface area contributed by atoms with Gasteiger partial charge in [-0.05, 0) is 69.3 Å². The number of anilines is 2. The average molecular weight is 580 g/mol. The molecule has 0 saturated carbocycles. The number of carbonyl (C=O) groups excluding carboxylic acids is 1. The molecule has 3 aliphatic rings. The van der Waals surface area contributed by atoms with Crippen LogP contribution in [0.2, 0.25) is 0 Å². The Morgan fingerprint density at radius 3 is 2.70 bits per heavy atom. The number of fused-ring (bicyclic) bond motifs is 2. The Morgan fingerprint density at radius 1 is 1.09 bits per heavy atom. The van der Waals surface area contributed by atoms with E-state index in [9.17, 15) is 10.1 Å². The zero-order valence-corrected chi connectivity index (χ0v) is 25.3. The predicted molar refractivity (Wildman–Crippen MR) is 169 cm³/mol. The molecule has 0 N–H and O–H groups in total. The number of carbonyl (C=O) groups is 1. The number of benzene rings is 2. The molecule has 0 spiro atoms. The van der Waals surface area contributed by atoms with Crippen molar-refractivity contribution >= 4 is 28.2 Å². The van der Waals surface area contributed by atoms with Gasteiger partial charge in [0.2, 0.25) is 5.91 Å². The van der Waals surface area contributed by atoms with Gasteiger partial charge in [-0.15, -0.1) is 0 Å². The number of aromatic nitrogens is 2. The van der Waals surface area contributed by atoms with Crippen LogP contribution < -0.4 is 14.5 Å². The molecule has 0 bridgehead atoms. The minimum Gasteiger partial charge on any atom is -0.462 e. The number of rotatable bonds is 7. The van der Waals surface area contributed by atoms with Crippen LogP contribution in [0.4, 0.5) is 11.5 Å². The van der Waals surface area contributed by atoms with E-state index in [4.69, 9.17) is 14.7 Å². The van der Waals surface area contributed by atoms with Crippen molar-refractivity contribution in [2.45, 2.75) is 57.7 Å². The summed E-state index contributed by atoms with van der Waals surface area (Å²) in [5, 5.41) is 12.1. The lowest BCUT2D eigenvalue weighted by atomic mass is 10.0. The summed E-state index contributed by atoms with van der Waals surface area (Å²) in [6, 6.07) is 15.8. The summed E-state index contributed by atoms with van der Waals surface area (Å²) in [6.07, 6.45) is 5.69. The maximum atomic E-state index is 12.6. The number of amides is 1. The Balaban J connectivity index is 1.37. The first-order valence-corrected chi connectivity index (χ1v) is 15.5. The van der Waals surface area contributed by atoms with Gasteiger partial charge in [0.1, 0.15) is 12.4 Å². The molecule has 4 heterocycles. The van der Waals surface area contributed by atoms with Crippen LogP contribution in [0.5, 0.6) is 6.01 Å². The summed E-state index contributed by atoms with van der Waals surface area (Å²) in [4.78, 5) is 31.5. The molecule has 2 atom stereocenters. The van der Waals surface area contributed by atoms with E-state index < -0.39 is 0 Å². The Labute approximate surface area is 254 Å². The van der Waals surface area contributed by atoms with Crippen molar-refractivity contribution in [3.8, 4) is 12.1 Å². The number of nitriles is 1. The minimum absolute atomic E-state index is 0.136. The summed E-state index contributed by atoms with van der Waals surface area (Å²) < 4.78 is 6.30. The Morgan fingerprint density at radius 2 is 1.93 bits per heavy atom. The maximum absolute atomic E-state index is 12.6. The number of hydrogen-bond donors (Lipinski definition) is 0. The van der Waals surface area contributed by atoms with Crippen LogP contribution in [0.1, 0.15) is 42.5 Å². The molecular weight excluding hydrogens is 538 g/mol. The quantitative estimate of drug-likeness (QED) is 0.379. The monoisotopic (exact) mass is 579 g/mol. The average Bonchev–Trinajstić information content (AvgIpc) is 3.31. The molecule has 0 unspecified atom stereocenters. The third kappa shape index (κ3) is 5.89. The molecule has 0 aliphatic carbocycles. The van der Waals surface area contributed by atoms with Gasteiger partial charge < -0.3 is 24.3 Å². The van der Waals surface area contributed by atoms with Crippen molar-refractivity contribution in [2.24, 2.45) is 0 Å². The Bertz CT molecular complexity index is 1540. The smallest absolute Gasteiger partial charge is 0.318 e. The molecule has 9 nitrogen and oxygen atoms in total. The SMILES string of the molecule is C=CC(=O)N1CCN(c2nc(OC[C@@H]3CCCN3C)nc3c2CN(c2cccc4cccc(C)c24)CCC3)C[C@@H]1CC#N. The lowest BCUT2D eigenvalue weighted by Gasteiger charge is -2.41. The van der Waals surface area contributed by atoms with Crippen LogP contribution in [0.15, 0.2) is 49.1 Å². The predicted octanol–water partition coefficient (Wildman–Crippen LogP) is 4.48. The molecule has 3 aromatic rings. The van der Waals surface area contributed by atoms with Gasteiger partial charge in [0, 0.05) is 55.4 Å². The topological polar surface area (TPSA) is 88.8 Å². The molecule has 2 saturated heterocycles. The van der Waals surface area contributed by atoms with Gasteiger partial charge in [0.15, 0.2) is 0 Å². The minimum atomic E-state index is -0.242. The van der Waals surface area contributed by atoms with Gasteiger partial charge >= 0.3 is 6.01 Å². The molecule has 1 amide bonds. The number of hydrogen-bond acceptors (Lipinski definition) is 8. The fraction of sp³-hybridized carbons (Fsp3) is 0.471. The van der Waals surface area contributed by atoms with Gasteiger partial charge in [0.05, 0.1) is 24.2 Å². The van der Waals surface area contributed by atoms with Crippen molar-refractivity contribution < 1.29 is 9.53 Å². The normalized spacial score (nSPS) is 20.9. The first-order chi connectivity index (χ1) is 21.0. The standard InChI is InChI=1S/C34H41N7O2/c1-4-31(42)41-20-19-40(21-26(41)15-16-35)33-28-22-39(30-14-6-11-25-10-5-9-24(2)32(25)30)18-8-13-29(28)36-34(37-33)43-23-27-12-7-17-38(27)3/h4-6,9-11,14,26-27H,1,7-8,12-13,15,17-23H2,2-3H3/t26-,27-/m0/s1. The van der Waals surface area contributed by atoms with Crippen molar-refractivity contribution in [1.82, 2.24) is 19.8 Å². The molecule has 6 rings (SSSR count). The highest BCUT2D eigenvalue weighted by atomic mass is 16.5. The van der Waals surface area contributed by atoms with E-state index in [-0.39, 0.29) is 18.4 Å². The summed E-state index contributed by atoms with van der Waals surface area (Å²) in [6.45, 7) is 10.7. The summed E-state index contributed by atoms with van der Waals surface area (Å²) >= 11 is 0. The van der Waals surface area contributed by atoms with Gasteiger partial charge in [-0.3, -0.25) is 4.79 Å². The fourth-order valence-corrected chi connectivity index (χ4v) is 6.97. The number of ether oxygens (including phenoxy) is 1. The molecular formula is C34H41N7O2. The van der Waals surface area contributed by atoms with E-state index in [2.05, 4.69) is 77.7 Å². The third-order valence-corrected chi connectivity index (χ3v) is 9.32. The van der Waals surface area contributed by atoms with Crippen molar-refractivity contribution in [3.05, 3.63) is 65.9 Å². The molecule has 1 aromatic heterocycles. The van der Waals surface area contributed by atoms with Gasteiger partial charge in [0.25, 0.3) is 0 Å². The first kappa shape index (κ1) is 28.9. The summed E-state index contributed by atoms with van der Waals surface area (Å²) in [5.41, 5.74) is 4.62.